The van der Waals surface area contributed by atoms with Crippen LogP contribution in [0, 0.1) is 0 Å². The molecule has 348 valence electrons. The van der Waals surface area contributed by atoms with E-state index >= 15 is 0 Å². The third kappa shape index (κ3) is 16.2. The van der Waals surface area contributed by atoms with Gasteiger partial charge in [0.1, 0.15) is 17.3 Å². The van der Waals surface area contributed by atoms with Crippen molar-refractivity contribution < 1.29 is 42.8 Å². The fourth-order valence-electron chi connectivity index (χ4n) is 7.99. The van der Waals surface area contributed by atoms with Crippen molar-refractivity contribution in [2.75, 3.05) is 39.6 Å². The fourth-order valence-corrected chi connectivity index (χ4v) is 7.99. The molecule has 0 amide bonds. The minimum absolute atomic E-state index is 0.158. The maximum absolute atomic E-state index is 12.0. The second kappa shape index (κ2) is 29.0. The minimum Gasteiger partial charge on any atom is -0.490 e. The Kier molecular flexibility index (Phi) is 23.5. The van der Waals surface area contributed by atoms with Gasteiger partial charge in [-0.1, -0.05) is 103 Å². The van der Waals surface area contributed by atoms with Crippen LogP contribution in [0.1, 0.15) is 176 Å². The second-order valence-corrected chi connectivity index (χ2v) is 17.2. The number of ether oxygens (including phenoxy) is 6. The molecule has 9 heteroatoms. The predicted molar refractivity (Wildman–Crippen MR) is 258 cm³/mol. The Morgan fingerprint density at radius 2 is 0.698 bits per heavy atom. The molecule has 0 heterocycles. The van der Waals surface area contributed by atoms with Crippen molar-refractivity contribution in [3.63, 3.8) is 0 Å². The van der Waals surface area contributed by atoms with Crippen LogP contribution in [0.4, 0.5) is 0 Å². The Bertz CT molecular complexity index is 2020. The van der Waals surface area contributed by atoms with E-state index in [2.05, 4.69) is 51.1 Å². The van der Waals surface area contributed by atoms with Crippen molar-refractivity contribution in [3.8, 4) is 34.5 Å². The molecule has 0 saturated carbocycles. The molecule has 0 atom stereocenters. The van der Waals surface area contributed by atoms with E-state index in [1.54, 1.807) is 20.8 Å². The lowest BCUT2D eigenvalue weighted by Crippen LogP contribution is -2.10. The summed E-state index contributed by atoms with van der Waals surface area (Å²) in [6, 6.07) is 12.5. The summed E-state index contributed by atoms with van der Waals surface area (Å²) in [5.74, 6) is 3.99. The fraction of sp³-hybridized carbons (Fsp3) is 0.611. The number of hydrogen-bond acceptors (Lipinski definition) is 9. The summed E-state index contributed by atoms with van der Waals surface area (Å²) < 4.78 is 41.4. The molecule has 0 unspecified atom stereocenters. The summed E-state index contributed by atoms with van der Waals surface area (Å²) >= 11 is 0. The first-order valence-corrected chi connectivity index (χ1v) is 24.5. The van der Waals surface area contributed by atoms with Gasteiger partial charge in [0.2, 0.25) is 11.5 Å². The highest BCUT2D eigenvalue weighted by atomic mass is 16.6. The summed E-state index contributed by atoms with van der Waals surface area (Å²) in [5, 5.41) is 5.51. The molecule has 4 rings (SSSR count). The summed E-state index contributed by atoms with van der Waals surface area (Å²) in [5.41, 5.74) is 0. The Morgan fingerprint density at radius 3 is 1.14 bits per heavy atom. The second-order valence-electron chi connectivity index (χ2n) is 17.2. The first-order valence-electron chi connectivity index (χ1n) is 24.5. The molecule has 0 radical (unpaired) electrons. The molecule has 9 nitrogen and oxygen atoms in total. The normalized spacial score (nSPS) is 11.3. The van der Waals surface area contributed by atoms with E-state index in [0.717, 1.165) is 116 Å². The van der Waals surface area contributed by atoms with Crippen molar-refractivity contribution in [2.45, 2.75) is 176 Å². The molecule has 0 spiro atoms. The third-order valence-corrected chi connectivity index (χ3v) is 11.4. The first kappa shape index (κ1) is 51.1. The lowest BCUT2D eigenvalue weighted by atomic mass is 9.91. The quantitative estimate of drug-likeness (QED) is 0.0326. The van der Waals surface area contributed by atoms with E-state index in [-0.39, 0.29) is 17.3 Å². The van der Waals surface area contributed by atoms with Crippen LogP contribution in [0.5, 0.6) is 34.5 Å². The molecule has 0 N–H and O–H groups in total. The molecule has 0 aliphatic heterocycles. The average molecular weight is 871 g/mol. The molecule has 0 aliphatic carbocycles. The smallest absolute Gasteiger partial charge is 0.208 e. The highest BCUT2D eigenvalue weighted by Crippen LogP contribution is 2.58. The predicted octanol–water partition coefficient (Wildman–Crippen LogP) is 14.4. The van der Waals surface area contributed by atoms with Gasteiger partial charge in [0.25, 0.3) is 0 Å². The Balaban J connectivity index is 2.11. The number of fused-ring (bicyclic) bond motifs is 6. The van der Waals surface area contributed by atoms with Gasteiger partial charge in [-0.25, -0.2) is 0 Å². The average Bonchev–Trinajstić information content (AvgIpc) is 3.26. The van der Waals surface area contributed by atoms with E-state index in [9.17, 15) is 14.4 Å². The Hall–Kier alpha value is -4.53. The highest BCUT2D eigenvalue weighted by molar-refractivity contribution is 6.31. The van der Waals surface area contributed by atoms with Crippen LogP contribution >= 0.6 is 0 Å². The summed E-state index contributed by atoms with van der Waals surface area (Å²) in [4.78, 5) is 35.6. The number of Topliss-reactive ketones (excluding diaryl/α,β-unsaturated/α-hetero) is 3. The number of carbonyl (C=O) groups is 3. The van der Waals surface area contributed by atoms with Gasteiger partial charge in [0.05, 0.1) is 39.6 Å². The van der Waals surface area contributed by atoms with Crippen molar-refractivity contribution >= 4 is 49.7 Å². The van der Waals surface area contributed by atoms with Crippen LogP contribution in [0.25, 0.3) is 32.3 Å². The molecule has 4 aromatic carbocycles. The van der Waals surface area contributed by atoms with Gasteiger partial charge in [-0.15, -0.1) is 0 Å². The van der Waals surface area contributed by atoms with Gasteiger partial charge in [-0.3, -0.25) is 0 Å². The van der Waals surface area contributed by atoms with Gasteiger partial charge in [-0.2, -0.15) is 0 Å². The van der Waals surface area contributed by atoms with Crippen molar-refractivity contribution in [2.24, 2.45) is 0 Å². The zero-order valence-electron chi connectivity index (χ0n) is 39.7. The van der Waals surface area contributed by atoms with Crippen LogP contribution in [0.2, 0.25) is 0 Å². The molecule has 0 aliphatic rings. The van der Waals surface area contributed by atoms with Gasteiger partial charge in [0.15, 0.2) is 23.0 Å². The zero-order chi connectivity index (χ0) is 45.2. The summed E-state index contributed by atoms with van der Waals surface area (Å²) in [6.45, 7) is 14.2. The number of benzene rings is 4. The molecule has 0 fully saturated rings. The molecular formula is C54H78O9. The third-order valence-electron chi connectivity index (χ3n) is 11.4. The maximum Gasteiger partial charge on any atom is 0.208 e. The Labute approximate surface area is 378 Å². The monoisotopic (exact) mass is 871 g/mol. The molecule has 0 bridgehead atoms. The molecule has 0 saturated heterocycles. The molecular weight excluding hydrogens is 793 g/mol. The Morgan fingerprint density at radius 1 is 0.349 bits per heavy atom. The van der Waals surface area contributed by atoms with Crippen molar-refractivity contribution in [1.29, 1.82) is 0 Å². The lowest BCUT2D eigenvalue weighted by Gasteiger charge is -2.26. The topological polar surface area (TPSA) is 107 Å². The summed E-state index contributed by atoms with van der Waals surface area (Å²) in [6.07, 6.45) is 18.3. The van der Waals surface area contributed by atoms with E-state index in [1.807, 2.05) is 6.07 Å². The highest BCUT2D eigenvalue weighted by Gasteiger charge is 2.31. The first-order chi connectivity index (χ1) is 30.7. The van der Waals surface area contributed by atoms with Gasteiger partial charge in [-0.05, 0) is 107 Å². The van der Waals surface area contributed by atoms with E-state index in [4.69, 9.17) is 28.4 Å². The van der Waals surface area contributed by atoms with Gasteiger partial charge in [0, 0.05) is 35.4 Å². The standard InChI is InChI=1S/C54H78O9/c1-7-10-13-21-35-60-51-48-44-31-17-16-30-43(44)45-32-33-46(58-34-24-18-27-40(4)55)50(59-38-25-19-28-41(5)56)47(45)49(48)52(61-39-26-20-29-42(6)57)54(63-37-23-15-12-9-3)53(51)62-36-22-14-11-8-2/h16-17,30-33H,7-15,18-29,34-39H2,1-6H3. The van der Waals surface area contributed by atoms with Gasteiger partial charge >= 0.3 is 0 Å². The van der Waals surface area contributed by atoms with E-state index < -0.39 is 0 Å². The number of hydrogen-bond donors (Lipinski definition) is 0. The lowest BCUT2D eigenvalue weighted by molar-refractivity contribution is -0.118. The van der Waals surface area contributed by atoms with Crippen molar-refractivity contribution in [3.05, 3.63) is 36.4 Å². The summed E-state index contributed by atoms with van der Waals surface area (Å²) in [7, 11) is 0. The van der Waals surface area contributed by atoms with E-state index in [0.29, 0.717) is 126 Å². The SMILES string of the molecule is CCCCCCOc1c(OCCCCCC)c(OCCCCC(C)=O)c2c3c(OCCCCC(C)=O)c(OCCCCC(C)=O)ccc3c3ccccc3c2c1OCCCCCC. The van der Waals surface area contributed by atoms with Crippen LogP contribution in [-0.4, -0.2) is 57.0 Å². The van der Waals surface area contributed by atoms with E-state index in [1.165, 1.54) is 0 Å². The number of carbonyl (C=O) groups excluding carboxylic acids is 3. The van der Waals surface area contributed by atoms with Crippen LogP contribution in [0.3, 0.4) is 0 Å². The van der Waals surface area contributed by atoms with Crippen LogP contribution in [0.15, 0.2) is 36.4 Å². The minimum atomic E-state index is 0.158. The maximum atomic E-state index is 12.0. The van der Waals surface area contributed by atoms with Crippen LogP contribution < -0.4 is 28.4 Å². The van der Waals surface area contributed by atoms with Crippen LogP contribution in [-0.2, 0) is 14.4 Å². The molecule has 63 heavy (non-hydrogen) atoms. The van der Waals surface area contributed by atoms with Gasteiger partial charge < -0.3 is 42.8 Å². The molecule has 0 aromatic heterocycles. The zero-order valence-corrected chi connectivity index (χ0v) is 39.7. The number of ketones is 3. The van der Waals surface area contributed by atoms with Crippen molar-refractivity contribution in [1.82, 2.24) is 0 Å². The number of rotatable bonds is 36. The molecule has 4 aromatic rings. The number of unbranched alkanes of at least 4 members (excludes halogenated alkanes) is 12. The largest absolute Gasteiger partial charge is 0.490 e.